The SMILES string of the molecule is CCOC(=O)/C(C#N)=C\c1cc(C)n(-c2ccc([N+](=O)[O-])cc2)c1C. The molecule has 0 unspecified atom stereocenters. The fraction of sp³-hybridized carbons (Fsp3) is 0.222. The predicted octanol–water partition coefficient (Wildman–Crippen LogP) is 3.47. The maximum Gasteiger partial charge on any atom is 0.348 e. The molecule has 0 N–H and O–H groups in total. The Hall–Kier alpha value is -3.40. The second kappa shape index (κ2) is 7.45. The summed E-state index contributed by atoms with van der Waals surface area (Å²) in [6.07, 6.45) is 1.49. The Labute approximate surface area is 144 Å². The van der Waals surface area contributed by atoms with E-state index in [0.29, 0.717) is 5.56 Å². The van der Waals surface area contributed by atoms with Crippen LogP contribution < -0.4 is 0 Å². The highest BCUT2D eigenvalue weighted by molar-refractivity contribution is 5.98. The van der Waals surface area contributed by atoms with E-state index in [1.807, 2.05) is 30.6 Å². The molecule has 0 saturated carbocycles. The van der Waals surface area contributed by atoms with Crippen LogP contribution in [-0.2, 0) is 9.53 Å². The lowest BCUT2D eigenvalue weighted by atomic mass is 10.1. The Kier molecular flexibility index (Phi) is 5.35. The van der Waals surface area contributed by atoms with Crippen molar-refractivity contribution < 1.29 is 14.5 Å². The number of hydrogen-bond donors (Lipinski definition) is 0. The summed E-state index contributed by atoms with van der Waals surface area (Å²) in [5.74, 6) is -0.662. The average Bonchev–Trinajstić information content (AvgIpc) is 2.86. The summed E-state index contributed by atoms with van der Waals surface area (Å²) in [5.41, 5.74) is 3.09. The molecule has 0 spiro atoms. The highest BCUT2D eigenvalue weighted by Crippen LogP contribution is 2.24. The van der Waals surface area contributed by atoms with Crippen molar-refractivity contribution >= 4 is 17.7 Å². The van der Waals surface area contributed by atoms with E-state index in [1.165, 1.54) is 18.2 Å². The number of esters is 1. The van der Waals surface area contributed by atoms with Crippen LogP contribution in [0.1, 0.15) is 23.9 Å². The van der Waals surface area contributed by atoms with Gasteiger partial charge in [0.1, 0.15) is 11.6 Å². The molecule has 0 aliphatic carbocycles. The highest BCUT2D eigenvalue weighted by Gasteiger charge is 2.15. The molecular weight excluding hydrogens is 322 g/mol. The number of benzene rings is 1. The summed E-state index contributed by atoms with van der Waals surface area (Å²) in [6, 6.07) is 9.87. The van der Waals surface area contributed by atoms with Gasteiger partial charge in [-0.15, -0.1) is 0 Å². The topological polar surface area (TPSA) is 98.2 Å². The molecule has 0 aliphatic rings. The fourth-order valence-corrected chi connectivity index (χ4v) is 2.56. The van der Waals surface area contributed by atoms with Gasteiger partial charge in [-0.1, -0.05) is 0 Å². The molecule has 0 radical (unpaired) electrons. The number of hydrogen-bond acceptors (Lipinski definition) is 5. The van der Waals surface area contributed by atoms with Crippen LogP contribution in [-0.4, -0.2) is 22.1 Å². The molecule has 0 saturated heterocycles. The van der Waals surface area contributed by atoms with Crippen molar-refractivity contribution in [2.45, 2.75) is 20.8 Å². The van der Waals surface area contributed by atoms with E-state index in [2.05, 4.69) is 0 Å². The standard InChI is InChI=1S/C18H17N3O4/c1-4-25-18(22)15(11-19)10-14-9-12(2)20(13(14)3)16-5-7-17(8-6-16)21(23)24/h5-10H,4H2,1-3H3/b15-10-. The second-order valence-corrected chi connectivity index (χ2v) is 5.33. The minimum absolute atomic E-state index is 0.0143. The number of aryl methyl sites for hydroxylation is 1. The van der Waals surface area contributed by atoms with Gasteiger partial charge in [0.15, 0.2) is 0 Å². The number of carbonyl (C=O) groups is 1. The first kappa shape index (κ1) is 17.9. The van der Waals surface area contributed by atoms with Gasteiger partial charge in [-0.2, -0.15) is 5.26 Å². The molecule has 7 heteroatoms. The number of nitrogens with zero attached hydrogens (tertiary/aromatic N) is 3. The van der Waals surface area contributed by atoms with E-state index >= 15 is 0 Å². The summed E-state index contributed by atoms with van der Waals surface area (Å²) in [4.78, 5) is 22.1. The van der Waals surface area contributed by atoms with E-state index in [0.717, 1.165) is 17.1 Å². The van der Waals surface area contributed by atoms with Crippen molar-refractivity contribution in [2.75, 3.05) is 6.61 Å². The molecule has 2 aromatic rings. The molecule has 0 bridgehead atoms. The molecule has 0 atom stereocenters. The zero-order valence-electron chi connectivity index (χ0n) is 14.1. The lowest BCUT2D eigenvalue weighted by Crippen LogP contribution is -2.06. The quantitative estimate of drug-likeness (QED) is 0.273. The third-order valence-electron chi connectivity index (χ3n) is 3.70. The van der Waals surface area contributed by atoms with E-state index in [4.69, 9.17) is 10.00 Å². The number of nitro groups is 1. The Morgan fingerprint density at radius 1 is 1.36 bits per heavy atom. The molecule has 0 amide bonds. The van der Waals surface area contributed by atoms with Crippen molar-refractivity contribution in [2.24, 2.45) is 0 Å². The fourth-order valence-electron chi connectivity index (χ4n) is 2.56. The molecule has 2 rings (SSSR count). The summed E-state index contributed by atoms with van der Waals surface area (Å²) >= 11 is 0. The van der Waals surface area contributed by atoms with Crippen molar-refractivity contribution in [1.29, 1.82) is 5.26 Å². The van der Waals surface area contributed by atoms with Crippen LogP contribution in [0.4, 0.5) is 5.69 Å². The van der Waals surface area contributed by atoms with Crippen molar-refractivity contribution in [3.63, 3.8) is 0 Å². The normalized spacial score (nSPS) is 11.0. The van der Waals surface area contributed by atoms with Crippen LogP contribution >= 0.6 is 0 Å². The van der Waals surface area contributed by atoms with Gasteiger partial charge in [0.25, 0.3) is 5.69 Å². The second-order valence-electron chi connectivity index (χ2n) is 5.33. The van der Waals surface area contributed by atoms with Gasteiger partial charge in [0, 0.05) is 29.2 Å². The van der Waals surface area contributed by atoms with Gasteiger partial charge in [-0.05, 0) is 50.6 Å². The first-order valence-electron chi connectivity index (χ1n) is 7.61. The zero-order valence-corrected chi connectivity index (χ0v) is 14.1. The molecule has 0 aliphatic heterocycles. The molecule has 128 valence electrons. The molecule has 7 nitrogen and oxygen atoms in total. The van der Waals surface area contributed by atoms with Crippen LogP contribution in [0.2, 0.25) is 0 Å². The highest BCUT2D eigenvalue weighted by atomic mass is 16.6. The van der Waals surface area contributed by atoms with Gasteiger partial charge < -0.3 is 9.30 Å². The zero-order chi connectivity index (χ0) is 18.6. The van der Waals surface area contributed by atoms with Crippen molar-refractivity contribution in [3.8, 4) is 11.8 Å². The number of ether oxygens (including phenoxy) is 1. The molecule has 1 heterocycles. The van der Waals surface area contributed by atoms with Crippen LogP contribution in [0.15, 0.2) is 35.9 Å². The monoisotopic (exact) mass is 339 g/mol. The van der Waals surface area contributed by atoms with E-state index < -0.39 is 10.9 Å². The summed E-state index contributed by atoms with van der Waals surface area (Å²) in [7, 11) is 0. The summed E-state index contributed by atoms with van der Waals surface area (Å²) < 4.78 is 6.76. The Morgan fingerprint density at radius 3 is 2.52 bits per heavy atom. The minimum Gasteiger partial charge on any atom is -0.462 e. The largest absolute Gasteiger partial charge is 0.462 e. The number of nitro benzene ring substituents is 1. The van der Waals surface area contributed by atoms with Gasteiger partial charge in [-0.3, -0.25) is 10.1 Å². The summed E-state index contributed by atoms with van der Waals surface area (Å²) in [5, 5.41) is 19.9. The molecule has 1 aromatic heterocycles. The van der Waals surface area contributed by atoms with E-state index in [1.54, 1.807) is 19.1 Å². The van der Waals surface area contributed by atoms with Gasteiger partial charge in [0.05, 0.1) is 11.5 Å². The first-order chi connectivity index (χ1) is 11.9. The third-order valence-corrected chi connectivity index (χ3v) is 3.70. The van der Waals surface area contributed by atoms with Crippen molar-refractivity contribution in [3.05, 3.63) is 63.0 Å². The van der Waals surface area contributed by atoms with Crippen LogP contribution in [0.3, 0.4) is 0 Å². The number of non-ortho nitro benzene ring substituents is 1. The van der Waals surface area contributed by atoms with Crippen LogP contribution in [0, 0.1) is 35.3 Å². The molecular formula is C18H17N3O4. The number of rotatable bonds is 5. The first-order valence-corrected chi connectivity index (χ1v) is 7.61. The smallest absolute Gasteiger partial charge is 0.348 e. The lowest BCUT2D eigenvalue weighted by Gasteiger charge is -2.09. The molecule has 25 heavy (non-hydrogen) atoms. The number of aromatic nitrogens is 1. The van der Waals surface area contributed by atoms with Crippen LogP contribution in [0.5, 0.6) is 0 Å². The Bertz CT molecular complexity index is 886. The van der Waals surface area contributed by atoms with Crippen molar-refractivity contribution in [1.82, 2.24) is 4.57 Å². The van der Waals surface area contributed by atoms with Gasteiger partial charge >= 0.3 is 5.97 Å². The van der Waals surface area contributed by atoms with E-state index in [-0.39, 0.29) is 17.9 Å². The van der Waals surface area contributed by atoms with E-state index in [9.17, 15) is 14.9 Å². The Morgan fingerprint density at radius 2 is 2.00 bits per heavy atom. The van der Waals surface area contributed by atoms with Gasteiger partial charge in [-0.25, -0.2) is 4.79 Å². The third kappa shape index (κ3) is 3.75. The maximum atomic E-state index is 11.8. The molecule has 1 aromatic carbocycles. The number of carbonyl (C=O) groups excluding carboxylic acids is 1. The lowest BCUT2D eigenvalue weighted by molar-refractivity contribution is -0.384. The molecule has 0 fully saturated rings. The average molecular weight is 339 g/mol. The predicted molar refractivity (Wildman–Crippen MR) is 92.1 cm³/mol. The Balaban J connectivity index is 2.46. The van der Waals surface area contributed by atoms with Gasteiger partial charge in [0.2, 0.25) is 0 Å². The maximum absolute atomic E-state index is 11.8. The van der Waals surface area contributed by atoms with Crippen LogP contribution in [0.25, 0.3) is 11.8 Å². The summed E-state index contributed by atoms with van der Waals surface area (Å²) in [6.45, 7) is 5.59. The minimum atomic E-state index is -0.662. The number of nitriles is 1.